The van der Waals surface area contributed by atoms with E-state index in [1.807, 2.05) is 37.3 Å². The smallest absolute Gasteiger partial charge is 0.259 e. The summed E-state index contributed by atoms with van der Waals surface area (Å²) in [6.07, 6.45) is 0. The van der Waals surface area contributed by atoms with Crippen LogP contribution >= 0.6 is 0 Å². The molecule has 1 aliphatic rings. The molecule has 1 aliphatic heterocycles. The second-order valence-corrected chi connectivity index (χ2v) is 6.41. The molecular weight excluding hydrogens is 331 g/mol. The lowest BCUT2D eigenvalue weighted by atomic mass is 10.1. The maximum Gasteiger partial charge on any atom is 0.259 e. The number of benzene rings is 3. The molecule has 0 saturated carbocycles. The van der Waals surface area contributed by atoms with Crippen molar-refractivity contribution < 1.29 is 14.0 Å². The van der Waals surface area contributed by atoms with Crippen molar-refractivity contribution in [1.29, 1.82) is 0 Å². The summed E-state index contributed by atoms with van der Waals surface area (Å²) in [6, 6.07) is 17.0. The Bertz CT molecular complexity index is 1010. The number of nitrogens with one attached hydrogen (secondary N) is 1. The lowest BCUT2D eigenvalue weighted by Gasteiger charge is -2.20. The number of carbonyl (C=O) groups excluding carboxylic acids is 2. The highest BCUT2D eigenvalue weighted by atomic mass is 19.1. The summed E-state index contributed by atoms with van der Waals surface area (Å²) in [5, 5.41) is 4.74. The van der Waals surface area contributed by atoms with Gasteiger partial charge in [-0.05, 0) is 42.1 Å². The minimum atomic E-state index is -0.319. The molecule has 1 atom stereocenters. The average Bonchev–Trinajstić information content (AvgIpc) is 2.90. The number of rotatable bonds is 4. The SMILES string of the molecule is C[C@H](NC(=O)CN1C(=O)c2cccc3cccc1c23)c1ccc(F)cc1. The van der Waals surface area contributed by atoms with Crippen LogP contribution in [0, 0.1) is 5.82 Å². The highest BCUT2D eigenvalue weighted by molar-refractivity contribution is 6.26. The number of amides is 2. The number of nitrogens with zero attached hydrogens (tertiary/aromatic N) is 1. The Labute approximate surface area is 150 Å². The van der Waals surface area contributed by atoms with E-state index in [1.165, 1.54) is 17.0 Å². The number of halogens is 1. The maximum absolute atomic E-state index is 13.0. The van der Waals surface area contributed by atoms with Crippen LogP contribution in [0.3, 0.4) is 0 Å². The van der Waals surface area contributed by atoms with Crippen molar-refractivity contribution in [2.75, 3.05) is 11.4 Å². The van der Waals surface area contributed by atoms with Crippen LogP contribution in [-0.2, 0) is 4.79 Å². The molecule has 5 heteroatoms. The third kappa shape index (κ3) is 2.71. The van der Waals surface area contributed by atoms with Gasteiger partial charge in [0, 0.05) is 10.9 Å². The first kappa shape index (κ1) is 16.3. The molecule has 1 N–H and O–H groups in total. The van der Waals surface area contributed by atoms with Crippen molar-refractivity contribution in [2.24, 2.45) is 0 Å². The second-order valence-electron chi connectivity index (χ2n) is 6.41. The summed E-state index contributed by atoms with van der Waals surface area (Å²) in [7, 11) is 0. The maximum atomic E-state index is 13.0. The molecule has 3 aromatic rings. The van der Waals surface area contributed by atoms with Crippen LogP contribution in [0.2, 0.25) is 0 Å². The van der Waals surface area contributed by atoms with E-state index in [0.29, 0.717) is 5.56 Å². The predicted octanol–water partition coefficient (Wildman–Crippen LogP) is 3.82. The molecule has 4 nitrogen and oxygen atoms in total. The Morgan fingerprint density at radius 2 is 1.77 bits per heavy atom. The Morgan fingerprint density at radius 1 is 1.08 bits per heavy atom. The summed E-state index contributed by atoms with van der Waals surface area (Å²) in [5.74, 6) is -0.748. The predicted molar refractivity (Wildman–Crippen MR) is 98.6 cm³/mol. The summed E-state index contributed by atoms with van der Waals surface area (Å²) in [5.41, 5.74) is 2.18. The fraction of sp³-hybridized carbons (Fsp3) is 0.143. The van der Waals surface area contributed by atoms with Crippen LogP contribution in [0.5, 0.6) is 0 Å². The Morgan fingerprint density at radius 3 is 2.50 bits per heavy atom. The van der Waals surface area contributed by atoms with Crippen molar-refractivity contribution in [3.63, 3.8) is 0 Å². The monoisotopic (exact) mass is 348 g/mol. The quantitative estimate of drug-likeness (QED) is 0.779. The third-order valence-electron chi connectivity index (χ3n) is 4.70. The molecule has 130 valence electrons. The summed E-state index contributed by atoms with van der Waals surface area (Å²) in [4.78, 5) is 26.7. The molecule has 0 unspecified atom stereocenters. The van der Waals surface area contributed by atoms with Gasteiger partial charge >= 0.3 is 0 Å². The van der Waals surface area contributed by atoms with E-state index in [9.17, 15) is 14.0 Å². The average molecular weight is 348 g/mol. The molecule has 1 heterocycles. The largest absolute Gasteiger partial charge is 0.348 e. The topological polar surface area (TPSA) is 49.4 Å². The minimum absolute atomic E-state index is 0.0574. The molecule has 26 heavy (non-hydrogen) atoms. The zero-order valence-corrected chi connectivity index (χ0v) is 14.2. The first-order valence-electron chi connectivity index (χ1n) is 8.43. The van der Waals surface area contributed by atoms with E-state index in [4.69, 9.17) is 0 Å². The molecule has 0 aliphatic carbocycles. The van der Waals surface area contributed by atoms with Gasteiger partial charge in [-0.25, -0.2) is 4.39 Å². The molecule has 0 aromatic heterocycles. The first-order chi connectivity index (χ1) is 12.5. The second kappa shape index (κ2) is 6.26. The van der Waals surface area contributed by atoms with Crippen molar-refractivity contribution >= 4 is 28.3 Å². The van der Waals surface area contributed by atoms with E-state index in [-0.39, 0.29) is 30.2 Å². The van der Waals surface area contributed by atoms with Gasteiger partial charge in [0.05, 0.1) is 11.7 Å². The molecular formula is C21H17FN2O2. The molecule has 3 aromatic carbocycles. The lowest BCUT2D eigenvalue weighted by Crippen LogP contribution is -2.39. The van der Waals surface area contributed by atoms with Crippen LogP contribution in [-0.4, -0.2) is 18.4 Å². The van der Waals surface area contributed by atoms with Crippen molar-refractivity contribution in [1.82, 2.24) is 5.32 Å². The number of hydrogen-bond donors (Lipinski definition) is 1. The number of hydrogen-bond acceptors (Lipinski definition) is 2. The molecule has 0 spiro atoms. The van der Waals surface area contributed by atoms with Gasteiger partial charge in [-0.1, -0.05) is 36.4 Å². The molecule has 4 rings (SSSR count). The van der Waals surface area contributed by atoms with E-state index in [1.54, 1.807) is 18.2 Å². The van der Waals surface area contributed by atoms with E-state index in [0.717, 1.165) is 22.0 Å². The van der Waals surface area contributed by atoms with Gasteiger partial charge in [0.25, 0.3) is 5.91 Å². The number of carbonyl (C=O) groups is 2. The van der Waals surface area contributed by atoms with Gasteiger partial charge in [0.15, 0.2) is 0 Å². The van der Waals surface area contributed by atoms with Gasteiger partial charge in [-0.15, -0.1) is 0 Å². The zero-order chi connectivity index (χ0) is 18.3. The summed E-state index contributed by atoms with van der Waals surface area (Å²) in [6.45, 7) is 1.77. The van der Waals surface area contributed by atoms with Crippen LogP contribution in [0.1, 0.15) is 28.9 Å². The van der Waals surface area contributed by atoms with Gasteiger partial charge in [0.1, 0.15) is 12.4 Å². The van der Waals surface area contributed by atoms with Crippen molar-refractivity contribution in [2.45, 2.75) is 13.0 Å². The van der Waals surface area contributed by atoms with Gasteiger partial charge in [-0.2, -0.15) is 0 Å². The number of anilines is 1. The van der Waals surface area contributed by atoms with Crippen molar-refractivity contribution in [3.05, 3.63) is 77.6 Å². The van der Waals surface area contributed by atoms with Crippen LogP contribution in [0.15, 0.2) is 60.7 Å². The standard InChI is InChI=1S/C21H17FN2O2/c1-13(14-8-10-16(22)11-9-14)23-19(25)12-24-18-7-3-5-15-4-2-6-17(20(15)18)21(24)26/h2-11,13H,12H2,1H3,(H,23,25)/t13-/m0/s1. The molecule has 0 bridgehead atoms. The Hall–Kier alpha value is -3.21. The lowest BCUT2D eigenvalue weighted by molar-refractivity contribution is -0.120. The van der Waals surface area contributed by atoms with E-state index >= 15 is 0 Å². The van der Waals surface area contributed by atoms with E-state index < -0.39 is 0 Å². The van der Waals surface area contributed by atoms with Crippen molar-refractivity contribution in [3.8, 4) is 0 Å². The normalized spacial score (nSPS) is 13.9. The molecule has 0 fully saturated rings. The van der Waals surface area contributed by atoms with Gasteiger partial charge in [0.2, 0.25) is 5.91 Å². The van der Waals surface area contributed by atoms with Crippen LogP contribution in [0.25, 0.3) is 10.8 Å². The van der Waals surface area contributed by atoms with E-state index in [2.05, 4.69) is 5.32 Å². The highest BCUT2D eigenvalue weighted by Crippen LogP contribution is 2.36. The molecule has 0 radical (unpaired) electrons. The van der Waals surface area contributed by atoms with Gasteiger partial charge in [-0.3, -0.25) is 14.5 Å². The van der Waals surface area contributed by atoms with Gasteiger partial charge < -0.3 is 5.32 Å². The Balaban J connectivity index is 1.53. The third-order valence-corrected chi connectivity index (χ3v) is 4.70. The zero-order valence-electron chi connectivity index (χ0n) is 14.2. The molecule has 2 amide bonds. The van der Waals surface area contributed by atoms with Crippen LogP contribution < -0.4 is 10.2 Å². The highest BCUT2D eigenvalue weighted by Gasteiger charge is 2.31. The molecule has 0 saturated heterocycles. The first-order valence-corrected chi connectivity index (χ1v) is 8.43. The van der Waals surface area contributed by atoms with Crippen LogP contribution in [0.4, 0.5) is 10.1 Å². The fourth-order valence-electron chi connectivity index (χ4n) is 3.40. The fourth-order valence-corrected chi connectivity index (χ4v) is 3.40. The summed E-state index contributed by atoms with van der Waals surface area (Å²) < 4.78 is 13.0. The summed E-state index contributed by atoms with van der Waals surface area (Å²) >= 11 is 0. The Kier molecular flexibility index (Phi) is 3.92. The minimum Gasteiger partial charge on any atom is -0.348 e.